The molecular weight excluding hydrogens is 857 g/mol. The minimum Gasteiger partial charge on any atom is -0.360 e. The molecule has 0 spiro atoms. The second-order valence-corrected chi connectivity index (χ2v) is 15.5. The number of hydrogen-bond donors (Lipinski definition) is 3. The van der Waals surface area contributed by atoms with Crippen molar-refractivity contribution in [3.05, 3.63) is 154 Å². The van der Waals surface area contributed by atoms with Crippen LogP contribution in [0.4, 0.5) is 42.5 Å². The zero-order valence-electron chi connectivity index (χ0n) is 34.2. The molecule has 2 atom stereocenters. The zero-order chi connectivity index (χ0) is 46.2. The summed E-state index contributed by atoms with van der Waals surface area (Å²) in [6, 6.07) is 16.5. The fraction of sp³-hybridized carbons (Fsp3) is 0.267. The predicted octanol–water partition coefficient (Wildman–Crippen LogP) is 6.41. The summed E-state index contributed by atoms with van der Waals surface area (Å²) < 4.78 is 82.4. The maximum atomic E-state index is 14.1. The first kappa shape index (κ1) is 43.9. The van der Waals surface area contributed by atoms with Gasteiger partial charge in [-0.2, -0.15) is 36.9 Å². The summed E-state index contributed by atoms with van der Waals surface area (Å²) in [5, 5.41) is 27.7. The highest BCUT2D eigenvalue weighted by atomic mass is 19.4. The van der Waals surface area contributed by atoms with E-state index in [1.807, 2.05) is 12.1 Å². The number of aromatic nitrogens is 2. The van der Waals surface area contributed by atoms with Gasteiger partial charge in [0.05, 0.1) is 64.5 Å². The third-order valence-corrected chi connectivity index (χ3v) is 11.4. The first-order chi connectivity index (χ1) is 31.1. The van der Waals surface area contributed by atoms with Gasteiger partial charge in [-0.25, -0.2) is 14.8 Å². The third kappa shape index (κ3) is 8.68. The molecule has 6 heterocycles. The molecule has 0 aliphatic carbocycles. The molecule has 20 heteroatoms. The molecule has 0 saturated heterocycles. The zero-order valence-corrected chi connectivity index (χ0v) is 34.2. The van der Waals surface area contributed by atoms with Gasteiger partial charge in [-0.3, -0.25) is 19.4 Å². The fourth-order valence-corrected chi connectivity index (χ4v) is 8.36. The molecule has 4 aromatic rings. The summed E-state index contributed by atoms with van der Waals surface area (Å²) in [5.41, 5.74) is 0.637. The van der Waals surface area contributed by atoms with Crippen LogP contribution >= 0.6 is 0 Å². The molecule has 4 aliphatic rings. The third-order valence-electron chi connectivity index (χ3n) is 11.4. The van der Waals surface area contributed by atoms with E-state index in [-0.39, 0.29) is 71.9 Å². The van der Waals surface area contributed by atoms with Gasteiger partial charge < -0.3 is 25.8 Å². The summed E-state index contributed by atoms with van der Waals surface area (Å²) in [5.74, 6) is -0.520. The van der Waals surface area contributed by atoms with Gasteiger partial charge in [0.15, 0.2) is 0 Å². The highest BCUT2D eigenvalue weighted by Gasteiger charge is 2.46. The van der Waals surface area contributed by atoms with Crippen LogP contribution in [-0.2, 0) is 21.9 Å². The van der Waals surface area contributed by atoms with E-state index in [1.54, 1.807) is 17.0 Å². The van der Waals surface area contributed by atoms with E-state index < -0.39 is 47.5 Å². The summed E-state index contributed by atoms with van der Waals surface area (Å²) >= 11 is 0. The molecule has 2 unspecified atom stereocenters. The molecule has 3 N–H and O–H groups in total. The van der Waals surface area contributed by atoms with Crippen molar-refractivity contribution in [1.82, 2.24) is 35.7 Å². The number of urea groups is 1. The fourth-order valence-electron chi connectivity index (χ4n) is 8.36. The molecule has 0 radical (unpaired) electrons. The van der Waals surface area contributed by atoms with Crippen molar-refractivity contribution >= 4 is 29.2 Å². The molecule has 65 heavy (non-hydrogen) atoms. The molecule has 14 nitrogen and oxygen atoms in total. The number of anilines is 2. The number of hydrogen-bond acceptors (Lipinski definition) is 10. The van der Waals surface area contributed by atoms with Gasteiger partial charge in [0, 0.05) is 31.2 Å². The van der Waals surface area contributed by atoms with Crippen LogP contribution < -0.4 is 25.8 Å². The summed E-state index contributed by atoms with van der Waals surface area (Å²) in [6.07, 6.45) is -5.55. The molecule has 2 aromatic heterocycles. The van der Waals surface area contributed by atoms with E-state index in [2.05, 4.69) is 32.5 Å². The second-order valence-electron chi connectivity index (χ2n) is 15.5. The number of benzene rings is 2. The average molecular weight is 894 g/mol. The molecule has 0 saturated carbocycles. The van der Waals surface area contributed by atoms with E-state index >= 15 is 0 Å². The lowest BCUT2D eigenvalue weighted by atomic mass is 9.96. The minimum absolute atomic E-state index is 0.0644. The SMILES string of the molecule is C=C1NC(c2ccc(C#N)nc2)C2=C(CN(CCCNCCCN3CC4=C(C3=O)C(c3ccc(C#N)nc3)NC(=O)N4c3cccc(C(F)(F)F)c3)C2=O)N1c1cccc(C(F)(F)F)c1. The second kappa shape index (κ2) is 17.5. The molecule has 0 bridgehead atoms. The Morgan fingerprint density at radius 1 is 0.677 bits per heavy atom. The number of alkyl halides is 6. The Balaban J connectivity index is 0.918. The van der Waals surface area contributed by atoms with Crippen molar-refractivity contribution in [1.29, 1.82) is 10.5 Å². The molecule has 8 rings (SSSR count). The van der Waals surface area contributed by atoms with Crippen molar-refractivity contribution in [3.63, 3.8) is 0 Å². The maximum absolute atomic E-state index is 14.1. The van der Waals surface area contributed by atoms with Crippen molar-refractivity contribution in [2.24, 2.45) is 0 Å². The topological polar surface area (TPSA) is 174 Å². The number of nitrogens with zero attached hydrogens (tertiary/aromatic N) is 8. The predicted molar refractivity (Wildman–Crippen MR) is 221 cm³/mol. The minimum atomic E-state index is -4.68. The van der Waals surface area contributed by atoms with Crippen LogP contribution in [0.1, 0.15) is 58.6 Å². The number of carbonyl (C=O) groups is 3. The number of nitrogens with one attached hydrogen (secondary N) is 3. The molecule has 4 amide bonds. The number of halogens is 6. The number of rotatable bonds is 12. The lowest BCUT2D eigenvalue weighted by Gasteiger charge is -2.37. The Morgan fingerprint density at radius 2 is 1.14 bits per heavy atom. The smallest absolute Gasteiger partial charge is 0.360 e. The highest BCUT2D eigenvalue weighted by Crippen LogP contribution is 2.43. The van der Waals surface area contributed by atoms with E-state index in [0.29, 0.717) is 48.3 Å². The maximum Gasteiger partial charge on any atom is 0.416 e. The summed E-state index contributed by atoms with van der Waals surface area (Å²) in [7, 11) is 0. The summed E-state index contributed by atoms with van der Waals surface area (Å²) in [6.45, 7) is 5.47. The Bertz CT molecular complexity index is 2540. The van der Waals surface area contributed by atoms with Gasteiger partial charge in [0.1, 0.15) is 29.3 Å². The molecule has 4 aliphatic heterocycles. The van der Waals surface area contributed by atoms with Gasteiger partial charge in [-0.15, -0.1) is 0 Å². The summed E-state index contributed by atoms with van der Waals surface area (Å²) in [4.78, 5) is 55.7. The van der Waals surface area contributed by atoms with Gasteiger partial charge >= 0.3 is 18.4 Å². The standard InChI is InChI=1S/C45H37F6N11O3/c1-26-57-39(27-10-12-31(20-52)55-22-27)37-35(61(26)33-8-2-6-29(18-33)44(46,47)48)24-59(41(37)63)16-4-14-54-15-5-17-60-25-36-38(42(60)64)40(28-11-13-32(21-53)56-23-28)58-43(65)62(36)34-9-3-7-30(19-34)45(49,50)51/h2-3,6-13,18-19,22-23,39-40,54,57H,1,4-5,14-17,24-25H2,(H,58,65). The van der Waals surface area contributed by atoms with Crippen LogP contribution in [0, 0.1) is 22.7 Å². The van der Waals surface area contributed by atoms with Crippen molar-refractivity contribution in [2.75, 3.05) is 49.1 Å². The van der Waals surface area contributed by atoms with Gasteiger partial charge in [-0.05, 0) is 85.6 Å². The van der Waals surface area contributed by atoms with E-state index in [4.69, 9.17) is 0 Å². The number of nitriles is 2. The quantitative estimate of drug-likeness (QED) is 0.107. The molecular formula is C45H37F6N11O3. The van der Waals surface area contributed by atoms with Crippen LogP contribution in [0.2, 0.25) is 0 Å². The van der Waals surface area contributed by atoms with Gasteiger partial charge in [0.2, 0.25) is 0 Å². The van der Waals surface area contributed by atoms with Crippen LogP contribution in [0.3, 0.4) is 0 Å². The van der Waals surface area contributed by atoms with Gasteiger partial charge in [-0.1, -0.05) is 30.8 Å². The number of amides is 4. The Hall–Kier alpha value is -7.71. The normalized spacial score (nSPS) is 18.7. The number of pyridine rings is 2. The Kier molecular flexibility index (Phi) is 11.8. The van der Waals surface area contributed by atoms with Crippen LogP contribution in [0.25, 0.3) is 0 Å². The van der Waals surface area contributed by atoms with E-state index in [0.717, 1.165) is 29.2 Å². The van der Waals surface area contributed by atoms with Crippen LogP contribution in [0.15, 0.2) is 120 Å². The van der Waals surface area contributed by atoms with E-state index in [1.165, 1.54) is 58.6 Å². The van der Waals surface area contributed by atoms with Crippen LogP contribution in [-0.4, -0.2) is 76.9 Å². The highest BCUT2D eigenvalue weighted by molar-refractivity contribution is 6.07. The monoisotopic (exact) mass is 893 g/mol. The molecule has 332 valence electrons. The number of carbonyl (C=O) groups excluding carboxylic acids is 3. The largest absolute Gasteiger partial charge is 0.416 e. The lowest BCUT2D eigenvalue weighted by molar-refractivity contribution is -0.138. The Labute approximate surface area is 367 Å². The van der Waals surface area contributed by atoms with Crippen molar-refractivity contribution < 1.29 is 40.7 Å². The first-order valence-electron chi connectivity index (χ1n) is 20.3. The average Bonchev–Trinajstić information content (AvgIpc) is 3.79. The first-order valence-corrected chi connectivity index (χ1v) is 20.3. The van der Waals surface area contributed by atoms with Crippen molar-refractivity contribution in [2.45, 2.75) is 37.3 Å². The van der Waals surface area contributed by atoms with Gasteiger partial charge in [0.25, 0.3) is 11.8 Å². The molecule has 0 fully saturated rings. The van der Waals surface area contributed by atoms with Crippen LogP contribution in [0.5, 0.6) is 0 Å². The van der Waals surface area contributed by atoms with Crippen molar-refractivity contribution in [3.8, 4) is 12.1 Å². The van der Waals surface area contributed by atoms with E-state index in [9.17, 15) is 51.2 Å². The Morgan fingerprint density at radius 3 is 1.58 bits per heavy atom. The molecule has 2 aromatic carbocycles. The lowest BCUT2D eigenvalue weighted by Crippen LogP contribution is -2.47.